The molecule has 2 N–H and O–H groups in total. The van der Waals surface area contributed by atoms with Gasteiger partial charge in [-0.1, -0.05) is 68.4 Å². The fourth-order valence-corrected chi connectivity index (χ4v) is 4.31. The highest BCUT2D eigenvalue weighted by molar-refractivity contribution is 6.01. The van der Waals surface area contributed by atoms with E-state index in [2.05, 4.69) is 10.6 Å². The van der Waals surface area contributed by atoms with Gasteiger partial charge in [0.1, 0.15) is 6.04 Å². The fourth-order valence-electron chi connectivity index (χ4n) is 4.31. The van der Waals surface area contributed by atoms with Gasteiger partial charge in [-0.05, 0) is 46.4 Å². The summed E-state index contributed by atoms with van der Waals surface area (Å²) >= 11 is 0. The molecule has 0 saturated carbocycles. The predicted octanol–water partition coefficient (Wildman–Crippen LogP) is 4.83. The van der Waals surface area contributed by atoms with Gasteiger partial charge in [-0.25, -0.2) is 9.59 Å². The Bertz CT molecular complexity index is 1220. The summed E-state index contributed by atoms with van der Waals surface area (Å²) in [4.78, 5) is 39.2. The van der Waals surface area contributed by atoms with Gasteiger partial charge in [0.2, 0.25) is 0 Å². The molecule has 3 aromatic rings. The minimum absolute atomic E-state index is 0.0647. The maximum absolute atomic E-state index is 13.1. The number of nitrogens with one attached hydrogen (secondary N) is 2. The van der Waals surface area contributed by atoms with Crippen molar-refractivity contribution < 1.29 is 19.1 Å². The Morgan fingerprint density at radius 3 is 2.31 bits per heavy atom. The summed E-state index contributed by atoms with van der Waals surface area (Å²) in [7, 11) is 1.34. The summed E-state index contributed by atoms with van der Waals surface area (Å²) in [5.41, 5.74) is 4.98. The lowest BCUT2D eigenvalue weighted by atomic mass is 10.00. The summed E-state index contributed by atoms with van der Waals surface area (Å²) in [5.74, 6) is -0.637. The fraction of sp³-hybridized carbons (Fsp3) is 0.250. The van der Waals surface area contributed by atoms with Crippen LogP contribution in [0.2, 0.25) is 0 Å². The quantitative estimate of drug-likeness (QED) is 0.483. The molecule has 0 unspecified atom stereocenters. The maximum Gasteiger partial charge on any atom is 0.328 e. The van der Waals surface area contributed by atoms with Crippen LogP contribution in [0.1, 0.15) is 35.3 Å². The summed E-state index contributed by atoms with van der Waals surface area (Å²) in [6.07, 6.45) is 0. The van der Waals surface area contributed by atoms with Crippen LogP contribution in [0.4, 0.5) is 10.5 Å². The van der Waals surface area contributed by atoms with E-state index in [9.17, 15) is 14.4 Å². The van der Waals surface area contributed by atoms with Crippen molar-refractivity contribution in [1.82, 2.24) is 10.2 Å². The number of benzene rings is 3. The van der Waals surface area contributed by atoms with Crippen LogP contribution in [0.5, 0.6) is 0 Å². The molecule has 0 radical (unpaired) electrons. The van der Waals surface area contributed by atoms with E-state index in [-0.39, 0.29) is 17.9 Å². The zero-order valence-electron chi connectivity index (χ0n) is 20.1. The Labute approximate surface area is 205 Å². The van der Waals surface area contributed by atoms with Crippen molar-refractivity contribution in [3.63, 3.8) is 0 Å². The van der Waals surface area contributed by atoms with Crippen LogP contribution in [0.3, 0.4) is 0 Å². The normalized spacial score (nSPS) is 13.4. The third-order valence-electron chi connectivity index (χ3n) is 6.12. The first-order chi connectivity index (χ1) is 16.9. The SMILES string of the molecule is COC(=O)[C@H](C(C)C)N1Cc2ccc(-c3ccc(NC(=O)NCc4ccccc4)cc3)cc2C1=O. The molecule has 35 heavy (non-hydrogen) atoms. The third kappa shape index (κ3) is 5.35. The summed E-state index contributed by atoms with van der Waals surface area (Å²) in [6, 6.07) is 22.0. The van der Waals surface area contributed by atoms with Crippen LogP contribution >= 0.6 is 0 Å². The number of carbonyl (C=O) groups excluding carboxylic acids is 3. The number of hydrogen-bond donors (Lipinski definition) is 2. The van der Waals surface area contributed by atoms with E-state index >= 15 is 0 Å². The van der Waals surface area contributed by atoms with Gasteiger partial charge < -0.3 is 20.3 Å². The molecule has 1 aliphatic heterocycles. The number of fused-ring (bicyclic) bond motifs is 1. The Balaban J connectivity index is 1.43. The van der Waals surface area contributed by atoms with Crippen LogP contribution in [-0.4, -0.2) is 36.0 Å². The van der Waals surface area contributed by atoms with E-state index in [1.54, 1.807) is 4.90 Å². The summed E-state index contributed by atoms with van der Waals surface area (Å²) < 4.78 is 4.94. The van der Waals surface area contributed by atoms with Gasteiger partial charge in [0, 0.05) is 24.3 Å². The Morgan fingerprint density at radius 1 is 0.971 bits per heavy atom. The van der Waals surface area contributed by atoms with Gasteiger partial charge in [0.15, 0.2) is 0 Å². The molecule has 0 saturated heterocycles. The number of hydrogen-bond acceptors (Lipinski definition) is 4. The lowest BCUT2D eigenvalue weighted by Gasteiger charge is -2.28. The van der Waals surface area contributed by atoms with E-state index in [1.165, 1.54) is 7.11 Å². The number of rotatable bonds is 7. The molecule has 7 nitrogen and oxygen atoms in total. The standard InChI is InChI=1S/C28H29N3O4/c1-18(2)25(27(33)35-3)31-17-22-10-9-21(15-24(22)26(31)32)20-11-13-23(14-12-20)30-28(34)29-16-19-7-5-4-6-8-19/h4-15,18,25H,16-17H2,1-3H3,(H2,29,30,34)/t25-/m0/s1. The molecular formula is C28H29N3O4. The zero-order valence-corrected chi connectivity index (χ0v) is 20.1. The number of carbonyl (C=O) groups is 3. The third-order valence-corrected chi connectivity index (χ3v) is 6.12. The first kappa shape index (κ1) is 24.0. The monoisotopic (exact) mass is 471 g/mol. The number of ether oxygens (including phenoxy) is 1. The van der Waals surface area contributed by atoms with Crippen LogP contribution < -0.4 is 10.6 Å². The first-order valence-corrected chi connectivity index (χ1v) is 11.6. The Morgan fingerprint density at radius 2 is 1.66 bits per heavy atom. The molecule has 0 bridgehead atoms. The smallest absolute Gasteiger partial charge is 0.328 e. The second-order valence-corrected chi connectivity index (χ2v) is 8.89. The van der Waals surface area contributed by atoms with Crippen molar-refractivity contribution in [2.24, 2.45) is 5.92 Å². The minimum Gasteiger partial charge on any atom is -0.467 e. The van der Waals surface area contributed by atoms with E-state index in [0.717, 1.165) is 22.3 Å². The highest BCUT2D eigenvalue weighted by Crippen LogP contribution is 2.31. The molecule has 0 aromatic heterocycles. The molecule has 0 fully saturated rings. The van der Waals surface area contributed by atoms with Crippen molar-refractivity contribution in [1.29, 1.82) is 0 Å². The molecule has 7 heteroatoms. The molecule has 1 atom stereocenters. The van der Waals surface area contributed by atoms with Crippen LogP contribution in [0, 0.1) is 5.92 Å². The van der Waals surface area contributed by atoms with Crippen molar-refractivity contribution in [2.45, 2.75) is 33.0 Å². The zero-order chi connectivity index (χ0) is 24.9. The molecule has 0 aliphatic carbocycles. The first-order valence-electron chi connectivity index (χ1n) is 11.6. The largest absolute Gasteiger partial charge is 0.467 e. The second kappa shape index (κ2) is 10.4. The van der Waals surface area contributed by atoms with Gasteiger partial charge in [-0.2, -0.15) is 0 Å². The van der Waals surface area contributed by atoms with Crippen molar-refractivity contribution in [2.75, 3.05) is 12.4 Å². The second-order valence-electron chi connectivity index (χ2n) is 8.89. The number of nitrogens with zero attached hydrogens (tertiary/aromatic N) is 1. The van der Waals surface area contributed by atoms with Crippen molar-refractivity contribution in [3.8, 4) is 11.1 Å². The molecule has 4 rings (SSSR count). The van der Waals surface area contributed by atoms with Gasteiger partial charge in [0.05, 0.1) is 7.11 Å². The molecule has 180 valence electrons. The average molecular weight is 472 g/mol. The Kier molecular flexibility index (Phi) is 7.15. The Hall–Kier alpha value is -4.13. The number of urea groups is 1. The summed E-state index contributed by atoms with van der Waals surface area (Å²) in [6.45, 7) is 4.63. The van der Waals surface area contributed by atoms with Gasteiger partial charge in [0.25, 0.3) is 5.91 Å². The van der Waals surface area contributed by atoms with Gasteiger partial charge in [-0.15, -0.1) is 0 Å². The van der Waals surface area contributed by atoms with Crippen molar-refractivity contribution >= 4 is 23.6 Å². The van der Waals surface area contributed by atoms with E-state index < -0.39 is 12.0 Å². The number of anilines is 1. The lowest BCUT2D eigenvalue weighted by Crippen LogP contribution is -2.45. The molecule has 3 aromatic carbocycles. The number of esters is 1. The topological polar surface area (TPSA) is 87.7 Å². The van der Waals surface area contributed by atoms with Gasteiger partial charge >= 0.3 is 12.0 Å². The summed E-state index contributed by atoms with van der Waals surface area (Å²) in [5, 5.41) is 5.66. The molecule has 3 amide bonds. The van der Waals surface area contributed by atoms with E-state index in [4.69, 9.17) is 4.74 Å². The number of amides is 3. The minimum atomic E-state index is -0.623. The van der Waals surface area contributed by atoms with Crippen LogP contribution in [0.15, 0.2) is 72.8 Å². The molecule has 0 spiro atoms. The predicted molar refractivity (Wildman–Crippen MR) is 135 cm³/mol. The highest BCUT2D eigenvalue weighted by atomic mass is 16.5. The van der Waals surface area contributed by atoms with Crippen molar-refractivity contribution in [3.05, 3.63) is 89.5 Å². The maximum atomic E-state index is 13.1. The van der Waals surface area contributed by atoms with E-state index in [1.807, 2.05) is 86.6 Å². The lowest BCUT2D eigenvalue weighted by molar-refractivity contribution is -0.147. The molecule has 1 heterocycles. The highest BCUT2D eigenvalue weighted by Gasteiger charge is 2.38. The average Bonchev–Trinajstić information content (AvgIpc) is 3.18. The van der Waals surface area contributed by atoms with Gasteiger partial charge in [-0.3, -0.25) is 4.79 Å². The molecule has 1 aliphatic rings. The number of methoxy groups -OCH3 is 1. The van der Waals surface area contributed by atoms with Crippen LogP contribution in [-0.2, 0) is 22.6 Å². The molecular weight excluding hydrogens is 442 g/mol. The van der Waals surface area contributed by atoms with E-state index in [0.29, 0.717) is 24.3 Å². The van der Waals surface area contributed by atoms with Crippen LogP contribution in [0.25, 0.3) is 11.1 Å².